The zero-order valence-electron chi connectivity index (χ0n) is 10.4. The Kier molecular flexibility index (Phi) is 3.89. The van der Waals surface area contributed by atoms with Crippen molar-refractivity contribution in [3.8, 4) is 0 Å². The van der Waals surface area contributed by atoms with Crippen LogP contribution in [0.4, 0.5) is 4.79 Å². The average Bonchev–Trinajstić information content (AvgIpc) is 2.71. The topological polar surface area (TPSA) is 77.9 Å². The van der Waals surface area contributed by atoms with Gasteiger partial charge in [-0.3, -0.25) is 9.00 Å². The summed E-state index contributed by atoms with van der Waals surface area (Å²) in [5.74, 6) is -0.259. The van der Waals surface area contributed by atoms with Crippen molar-refractivity contribution in [2.24, 2.45) is 11.8 Å². The predicted molar refractivity (Wildman–Crippen MR) is 66.7 cm³/mol. The molecule has 2 fully saturated rings. The molecule has 2 amide bonds. The molecule has 2 saturated heterocycles. The summed E-state index contributed by atoms with van der Waals surface area (Å²) in [5.41, 5.74) is 0. The summed E-state index contributed by atoms with van der Waals surface area (Å²) >= 11 is 0. The molecule has 6 nitrogen and oxygen atoms in total. The van der Waals surface area contributed by atoms with Gasteiger partial charge in [0, 0.05) is 48.5 Å². The van der Waals surface area contributed by atoms with Crippen molar-refractivity contribution in [1.29, 1.82) is 0 Å². The molecule has 0 aromatic rings. The number of hydrogen-bond donors (Lipinski definition) is 1. The van der Waals surface area contributed by atoms with Crippen molar-refractivity contribution in [2.75, 3.05) is 37.7 Å². The molecule has 0 aromatic heterocycles. The zero-order valence-corrected chi connectivity index (χ0v) is 11.2. The molecular formula is C11H18N2O4S. The summed E-state index contributed by atoms with van der Waals surface area (Å²) in [4.78, 5) is 26.5. The van der Waals surface area contributed by atoms with Crippen molar-refractivity contribution in [2.45, 2.75) is 6.92 Å². The van der Waals surface area contributed by atoms with Crippen LogP contribution < -0.4 is 0 Å². The van der Waals surface area contributed by atoms with Crippen molar-refractivity contribution in [1.82, 2.24) is 9.80 Å². The lowest BCUT2D eigenvalue weighted by Crippen LogP contribution is -2.48. The van der Waals surface area contributed by atoms with Crippen LogP contribution in [-0.4, -0.2) is 68.8 Å². The monoisotopic (exact) mass is 274 g/mol. The molecule has 2 heterocycles. The van der Waals surface area contributed by atoms with Crippen molar-refractivity contribution in [3.05, 3.63) is 0 Å². The first-order valence-corrected chi connectivity index (χ1v) is 7.59. The third kappa shape index (κ3) is 2.66. The lowest BCUT2D eigenvalue weighted by Gasteiger charge is -2.30. The minimum absolute atomic E-state index is 0.00891. The number of carboxylic acid groups (broad SMARTS) is 1. The number of carbonyl (C=O) groups is 2. The standard InChI is InChI=1S/C11H18N2O4S/c1-8-6-13(7-9(8)10(14)15)11(16)12-2-4-18(17)5-3-12/h8-9H,2-7H2,1H3,(H,14,15). The fraction of sp³-hybridized carbons (Fsp3) is 0.818. The molecule has 0 aromatic carbocycles. The smallest absolute Gasteiger partial charge is 0.320 e. The molecule has 0 saturated carbocycles. The van der Waals surface area contributed by atoms with Crippen LogP contribution in [0.1, 0.15) is 6.92 Å². The number of hydrogen-bond acceptors (Lipinski definition) is 3. The molecule has 0 spiro atoms. The minimum atomic E-state index is -0.836. The van der Waals surface area contributed by atoms with Crippen LogP contribution in [0.25, 0.3) is 0 Å². The number of rotatable bonds is 1. The van der Waals surface area contributed by atoms with Crippen LogP contribution in [0.15, 0.2) is 0 Å². The van der Waals surface area contributed by atoms with Gasteiger partial charge >= 0.3 is 12.0 Å². The van der Waals surface area contributed by atoms with E-state index < -0.39 is 22.7 Å². The van der Waals surface area contributed by atoms with E-state index in [1.807, 2.05) is 6.92 Å². The Morgan fingerprint density at radius 1 is 1.17 bits per heavy atom. The molecule has 0 bridgehead atoms. The van der Waals surface area contributed by atoms with Crippen LogP contribution in [0.2, 0.25) is 0 Å². The van der Waals surface area contributed by atoms with E-state index in [2.05, 4.69) is 0 Å². The quantitative estimate of drug-likeness (QED) is 0.719. The molecule has 2 rings (SSSR count). The molecule has 102 valence electrons. The SMILES string of the molecule is CC1CN(C(=O)N2CCS(=O)CC2)CC1C(=O)O. The number of carboxylic acids is 1. The van der Waals surface area contributed by atoms with Crippen LogP contribution in [0.3, 0.4) is 0 Å². The maximum atomic E-state index is 12.2. The van der Waals surface area contributed by atoms with E-state index in [1.165, 1.54) is 0 Å². The molecule has 7 heteroatoms. The van der Waals surface area contributed by atoms with Gasteiger partial charge in [-0.25, -0.2) is 4.79 Å². The van der Waals surface area contributed by atoms with E-state index in [-0.39, 0.29) is 18.5 Å². The summed E-state index contributed by atoms with van der Waals surface area (Å²) in [6.07, 6.45) is 0. The first-order valence-electron chi connectivity index (χ1n) is 6.10. The van der Waals surface area contributed by atoms with E-state index in [0.29, 0.717) is 31.1 Å². The minimum Gasteiger partial charge on any atom is -0.481 e. The normalized spacial score (nSPS) is 29.6. The Bertz CT molecular complexity index is 377. The summed E-state index contributed by atoms with van der Waals surface area (Å²) < 4.78 is 11.2. The number of carbonyl (C=O) groups excluding carboxylic acids is 1. The highest BCUT2D eigenvalue weighted by molar-refractivity contribution is 7.85. The lowest BCUT2D eigenvalue weighted by molar-refractivity contribution is -0.142. The highest BCUT2D eigenvalue weighted by Crippen LogP contribution is 2.24. The summed E-state index contributed by atoms with van der Waals surface area (Å²) in [6, 6.07) is -0.109. The van der Waals surface area contributed by atoms with E-state index in [1.54, 1.807) is 9.80 Å². The molecule has 18 heavy (non-hydrogen) atoms. The second-order valence-corrected chi connectivity index (χ2v) is 6.64. The fourth-order valence-corrected chi connectivity index (χ4v) is 3.53. The number of aliphatic carboxylic acids is 1. The van der Waals surface area contributed by atoms with E-state index in [9.17, 15) is 13.8 Å². The Balaban J connectivity index is 1.94. The molecule has 0 radical (unpaired) electrons. The molecule has 2 atom stereocenters. The van der Waals surface area contributed by atoms with Gasteiger partial charge in [-0.05, 0) is 5.92 Å². The van der Waals surface area contributed by atoms with Crippen LogP contribution >= 0.6 is 0 Å². The highest BCUT2D eigenvalue weighted by atomic mass is 32.2. The first-order chi connectivity index (χ1) is 8.49. The maximum absolute atomic E-state index is 12.2. The molecule has 1 N–H and O–H groups in total. The number of likely N-dealkylation sites (tertiary alicyclic amines) is 1. The molecule has 0 aliphatic carbocycles. The average molecular weight is 274 g/mol. The van der Waals surface area contributed by atoms with E-state index in [0.717, 1.165) is 0 Å². The van der Waals surface area contributed by atoms with Gasteiger partial charge in [0.05, 0.1) is 5.92 Å². The van der Waals surface area contributed by atoms with Crippen LogP contribution in [0.5, 0.6) is 0 Å². The Morgan fingerprint density at radius 2 is 1.78 bits per heavy atom. The zero-order chi connectivity index (χ0) is 13.3. The van der Waals surface area contributed by atoms with Gasteiger partial charge in [-0.15, -0.1) is 0 Å². The predicted octanol–water partition coefficient (Wildman–Crippen LogP) is -0.177. The van der Waals surface area contributed by atoms with Gasteiger partial charge < -0.3 is 14.9 Å². The van der Waals surface area contributed by atoms with Crippen molar-refractivity contribution >= 4 is 22.8 Å². The molecule has 2 aliphatic rings. The van der Waals surface area contributed by atoms with Gasteiger partial charge in [0.25, 0.3) is 0 Å². The summed E-state index contributed by atoms with van der Waals surface area (Å²) in [5, 5.41) is 9.04. The first kappa shape index (κ1) is 13.3. The van der Waals surface area contributed by atoms with E-state index in [4.69, 9.17) is 5.11 Å². The second-order valence-electron chi connectivity index (χ2n) is 4.94. The number of urea groups is 1. The Morgan fingerprint density at radius 3 is 2.28 bits per heavy atom. The lowest BCUT2D eigenvalue weighted by atomic mass is 9.99. The molecule has 2 aliphatic heterocycles. The third-order valence-electron chi connectivity index (χ3n) is 3.65. The van der Waals surface area contributed by atoms with Gasteiger partial charge in [-0.2, -0.15) is 0 Å². The van der Waals surface area contributed by atoms with E-state index >= 15 is 0 Å². The number of nitrogens with zero attached hydrogens (tertiary/aromatic N) is 2. The fourth-order valence-electron chi connectivity index (χ4n) is 2.47. The van der Waals surface area contributed by atoms with Gasteiger partial charge in [-0.1, -0.05) is 6.92 Å². The Labute approximate surface area is 108 Å². The third-order valence-corrected chi connectivity index (χ3v) is 4.92. The largest absolute Gasteiger partial charge is 0.481 e. The van der Waals surface area contributed by atoms with Crippen molar-refractivity contribution < 1.29 is 18.9 Å². The highest BCUT2D eigenvalue weighted by Gasteiger charge is 2.38. The molecule has 2 unspecified atom stereocenters. The van der Waals surface area contributed by atoms with Gasteiger partial charge in [0.15, 0.2) is 0 Å². The van der Waals surface area contributed by atoms with Gasteiger partial charge in [0.2, 0.25) is 0 Å². The summed E-state index contributed by atoms with van der Waals surface area (Å²) in [6.45, 7) is 3.66. The number of amides is 2. The second kappa shape index (κ2) is 5.26. The summed E-state index contributed by atoms with van der Waals surface area (Å²) in [7, 11) is -0.807. The van der Waals surface area contributed by atoms with Gasteiger partial charge in [0.1, 0.15) is 0 Å². The Hall–Kier alpha value is -1.11. The maximum Gasteiger partial charge on any atom is 0.320 e. The van der Waals surface area contributed by atoms with Crippen LogP contribution in [-0.2, 0) is 15.6 Å². The van der Waals surface area contributed by atoms with Crippen LogP contribution in [0, 0.1) is 11.8 Å². The van der Waals surface area contributed by atoms with Crippen molar-refractivity contribution in [3.63, 3.8) is 0 Å². The molecular weight excluding hydrogens is 256 g/mol.